The van der Waals surface area contributed by atoms with Crippen molar-refractivity contribution >= 4 is 11.9 Å². The minimum absolute atomic E-state index is 0.128. The van der Waals surface area contributed by atoms with Crippen LogP contribution in [0, 0.1) is 11.3 Å². The van der Waals surface area contributed by atoms with E-state index in [1.165, 1.54) is 0 Å². The zero-order chi connectivity index (χ0) is 13.8. The molecule has 0 aromatic heterocycles. The van der Waals surface area contributed by atoms with Crippen LogP contribution in [0.15, 0.2) is 0 Å². The minimum atomic E-state index is -0.949. The van der Waals surface area contributed by atoms with Gasteiger partial charge in [-0.15, -0.1) is 0 Å². The summed E-state index contributed by atoms with van der Waals surface area (Å²) in [5, 5.41) is 15.0. The van der Waals surface area contributed by atoms with Crippen LogP contribution in [0.25, 0.3) is 0 Å². The molecule has 0 aromatic carbocycles. The van der Waals surface area contributed by atoms with Crippen molar-refractivity contribution < 1.29 is 14.7 Å². The molecule has 0 spiro atoms. The van der Waals surface area contributed by atoms with Crippen LogP contribution in [0.1, 0.15) is 40.0 Å². The fraction of sp³-hybridized carbons (Fsp3) is 0.846. The maximum Gasteiger partial charge on any atom is 0.326 e. The van der Waals surface area contributed by atoms with Gasteiger partial charge in [0.25, 0.3) is 0 Å². The Labute approximate surface area is 108 Å². The van der Waals surface area contributed by atoms with Gasteiger partial charge in [0.1, 0.15) is 6.04 Å². The number of amides is 1. The van der Waals surface area contributed by atoms with E-state index in [9.17, 15) is 9.59 Å². The normalized spacial score (nSPS) is 20.4. The quantitative estimate of drug-likeness (QED) is 0.685. The van der Waals surface area contributed by atoms with Crippen molar-refractivity contribution in [1.82, 2.24) is 10.6 Å². The summed E-state index contributed by atoms with van der Waals surface area (Å²) in [6.07, 6.45) is 1.98. The van der Waals surface area contributed by atoms with Gasteiger partial charge in [-0.3, -0.25) is 4.79 Å². The van der Waals surface area contributed by atoms with Crippen LogP contribution in [0.5, 0.6) is 0 Å². The maximum absolute atomic E-state index is 12.2. The van der Waals surface area contributed by atoms with E-state index in [1.807, 2.05) is 20.8 Å². The van der Waals surface area contributed by atoms with Gasteiger partial charge in [-0.05, 0) is 38.3 Å². The predicted octanol–water partition coefficient (Wildman–Crippen LogP) is 0.992. The summed E-state index contributed by atoms with van der Waals surface area (Å²) in [4.78, 5) is 23.3. The Balaban J connectivity index is 2.62. The second-order valence-electron chi connectivity index (χ2n) is 5.80. The van der Waals surface area contributed by atoms with E-state index in [-0.39, 0.29) is 11.8 Å². The molecule has 1 amide bonds. The number of hydrogen-bond donors (Lipinski definition) is 3. The van der Waals surface area contributed by atoms with Crippen molar-refractivity contribution in [1.29, 1.82) is 0 Å². The van der Waals surface area contributed by atoms with Crippen LogP contribution >= 0.6 is 0 Å². The maximum atomic E-state index is 12.2. The van der Waals surface area contributed by atoms with Crippen LogP contribution in [0.2, 0.25) is 0 Å². The number of carbonyl (C=O) groups excluding carboxylic acids is 1. The molecule has 3 N–H and O–H groups in total. The highest BCUT2D eigenvalue weighted by Crippen LogP contribution is 2.28. The summed E-state index contributed by atoms with van der Waals surface area (Å²) in [6, 6.07) is -0.774. The van der Waals surface area contributed by atoms with Crippen LogP contribution in [-0.4, -0.2) is 36.1 Å². The van der Waals surface area contributed by atoms with E-state index in [2.05, 4.69) is 10.6 Å². The minimum Gasteiger partial charge on any atom is -0.480 e. The highest BCUT2D eigenvalue weighted by molar-refractivity contribution is 5.87. The predicted molar refractivity (Wildman–Crippen MR) is 69.2 cm³/mol. The summed E-state index contributed by atoms with van der Waals surface area (Å²) in [7, 11) is 0. The highest BCUT2D eigenvalue weighted by Gasteiger charge is 2.36. The van der Waals surface area contributed by atoms with Crippen LogP contribution in [0.3, 0.4) is 0 Å². The standard InChI is InChI=1S/C13H24N2O3/c1-9(2)8-10(11(16)17)15-12(18)13(3)4-6-14-7-5-13/h9-10,14H,4-8H2,1-3H3,(H,15,18)(H,16,17)/t10-/m0/s1. The summed E-state index contributed by atoms with van der Waals surface area (Å²) >= 11 is 0. The lowest BCUT2D eigenvalue weighted by atomic mass is 9.80. The highest BCUT2D eigenvalue weighted by atomic mass is 16.4. The smallest absolute Gasteiger partial charge is 0.326 e. The number of carbonyl (C=O) groups is 2. The molecular formula is C13H24N2O3. The first-order chi connectivity index (χ1) is 8.35. The monoisotopic (exact) mass is 256 g/mol. The topological polar surface area (TPSA) is 78.4 Å². The Morgan fingerprint density at radius 1 is 1.33 bits per heavy atom. The summed E-state index contributed by atoms with van der Waals surface area (Å²) in [5.41, 5.74) is -0.435. The second-order valence-corrected chi connectivity index (χ2v) is 5.80. The molecule has 1 saturated heterocycles. The van der Waals surface area contributed by atoms with Gasteiger partial charge < -0.3 is 15.7 Å². The van der Waals surface area contributed by atoms with Crippen LogP contribution < -0.4 is 10.6 Å². The molecular weight excluding hydrogens is 232 g/mol. The first-order valence-corrected chi connectivity index (χ1v) is 6.59. The number of piperidine rings is 1. The van der Waals surface area contributed by atoms with Gasteiger partial charge >= 0.3 is 5.97 Å². The second kappa shape index (κ2) is 6.18. The third kappa shape index (κ3) is 3.98. The van der Waals surface area contributed by atoms with Gasteiger partial charge in [-0.25, -0.2) is 4.79 Å². The summed E-state index contributed by atoms with van der Waals surface area (Å²) < 4.78 is 0. The van der Waals surface area contributed by atoms with Gasteiger partial charge in [-0.2, -0.15) is 0 Å². The lowest BCUT2D eigenvalue weighted by Crippen LogP contribution is -2.51. The molecule has 0 saturated carbocycles. The molecule has 1 aliphatic heterocycles. The first kappa shape index (κ1) is 15.0. The Morgan fingerprint density at radius 2 is 1.89 bits per heavy atom. The van der Waals surface area contributed by atoms with E-state index in [0.29, 0.717) is 6.42 Å². The number of aliphatic carboxylic acids is 1. The van der Waals surface area contributed by atoms with Gasteiger partial charge in [-0.1, -0.05) is 20.8 Å². The van der Waals surface area contributed by atoms with E-state index < -0.39 is 17.4 Å². The summed E-state index contributed by atoms with van der Waals surface area (Å²) in [5.74, 6) is -0.834. The zero-order valence-electron chi connectivity index (χ0n) is 11.5. The van der Waals surface area contributed by atoms with Gasteiger partial charge in [0.2, 0.25) is 5.91 Å². The van der Waals surface area contributed by atoms with Crippen molar-refractivity contribution in [3.8, 4) is 0 Å². The van der Waals surface area contributed by atoms with Crippen LogP contribution in [-0.2, 0) is 9.59 Å². The van der Waals surface area contributed by atoms with E-state index >= 15 is 0 Å². The Bertz CT molecular complexity index is 309. The lowest BCUT2D eigenvalue weighted by molar-refractivity contribution is -0.144. The van der Waals surface area contributed by atoms with Crippen LogP contribution in [0.4, 0.5) is 0 Å². The average molecular weight is 256 g/mol. The molecule has 0 aliphatic carbocycles. The molecule has 5 heteroatoms. The molecule has 1 atom stereocenters. The van der Waals surface area contributed by atoms with Crippen molar-refractivity contribution in [2.45, 2.75) is 46.1 Å². The van der Waals surface area contributed by atoms with E-state index in [4.69, 9.17) is 5.11 Å². The largest absolute Gasteiger partial charge is 0.480 e. The van der Waals surface area contributed by atoms with Crippen molar-refractivity contribution in [3.05, 3.63) is 0 Å². The number of carboxylic acids is 1. The Hall–Kier alpha value is -1.10. The lowest BCUT2D eigenvalue weighted by Gasteiger charge is -2.33. The molecule has 1 fully saturated rings. The molecule has 1 heterocycles. The third-order valence-corrected chi connectivity index (χ3v) is 3.57. The Kier molecular flexibility index (Phi) is 5.14. The molecule has 0 bridgehead atoms. The van der Waals surface area contributed by atoms with Gasteiger partial charge in [0.15, 0.2) is 0 Å². The number of hydrogen-bond acceptors (Lipinski definition) is 3. The fourth-order valence-electron chi connectivity index (χ4n) is 2.23. The number of carboxylic acid groups (broad SMARTS) is 1. The molecule has 0 radical (unpaired) electrons. The van der Waals surface area contributed by atoms with E-state index in [1.54, 1.807) is 0 Å². The van der Waals surface area contributed by atoms with Crippen molar-refractivity contribution in [2.75, 3.05) is 13.1 Å². The Morgan fingerprint density at radius 3 is 2.33 bits per heavy atom. The van der Waals surface area contributed by atoms with Crippen molar-refractivity contribution in [3.63, 3.8) is 0 Å². The number of nitrogens with one attached hydrogen (secondary N) is 2. The molecule has 1 rings (SSSR count). The van der Waals surface area contributed by atoms with E-state index in [0.717, 1.165) is 25.9 Å². The molecule has 1 aliphatic rings. The number of rotatable bonds is 5. The van der Waals surface area contributed by atoms with Gasteiger partial charge in [0.05, 0.1) is 0 Å². The molecule has 18 heavy (non-hydrogen) atoms. The third-order valence-electron chi connectivity index (χ3n) is 3.57. The zero-order valence-corrected chi connectivity index (χ0v) is 11.5. The van der Waals surface area contributed by atoms with Gasteiger partial charge in [0, 0.05) is 5.41 Å². The summed E-state index contributed by atoms with van der Waals surface area (Å²) in [6.45, 7) is 7.44. The average Bonchev–Trinajstić information content (AvgIpc) is 2.28. The molecule has 104 valence electrons. The molecule has 0 unspecified atom stereocenters. The van der Waals surface area contributed by atoms with Crippen molar-refractivity contribution in [2.24, 2.45) is 11.3 Å². The molecule has 5 nitrogen and oxygen atoms in total. The fourth-order valence-corrected chi connectivity index (χ4v) is 2.23. The first-order valence-electron chi connectivity index (χ1n) is 6.59. The molecule has 0 aromatic rings. The SMILES string of the molecule is CC(C)C[C@H](NC(=O)C1(C)CCNCC1)C(=O)O.